The highest BCUT2D eigenvalue weighted by molar-refractivity contribution is 6.05. The Bertz CT molecular complexity index is 1120. The topological polar surface area (TPSA) is 73.1 Å². The predicted octanol–water partition coefficient (Wildman–Crippen LogP) is 2.75. The molecule has 0 saturated carbocycles. The Kier molecular flexibility index (Phi) is 4.99. The van der Waals surface area contributed by atoms with Gasteiger partial charge in [0.05, 0.1) is 24.0 Å². The van der Waals surface area contributed by atoms with Gasteiger partial charge in [-0.1, -0.05) is 30.3 Å². The molecule has 0 radical (unpaired) electrons. The Morgan fingerprint density at radius 1 is 1.14 bits per heavy atom. The average Bonchev–Trinajstić information content (AvgIpc) is 3.15. The number of ether oxygens (including phenoxy) is 1. The number of fused-ring (bicyclic) bond motifs is 3. The van der Waals surface area contributed by atoms with Crippen LogP contribution in [-0.4, -0.2) is 57.9 Å². The van der Waals surface area contributed by atoms with E-state index in [-0.39, 0.29) is 5.91 Å². The summed E-state index contributed by atoms with van der Waals surface area (Å²) < 4.78 is 7.11. The number of likely N-dealkylation sites (N-methyl/N-ethyl adjacent to an activating group) is 1. The zero-order chi connectivity index (χ0) is 19.5. The van der Waals surface area contributed by atoms with E-state index in [1.807, 2.05) is 34.9 Å². The first kappa shape index (κ1) is 18.1. The lowest BCUT2D eigenvalue weighted by atomic mass is 10.1. The van der Waals surface area contributed by atoms with Crippen molar-refractivity contribution in [2.75, 3.05) is 27.3 Å². The number of carbonyl (C=O) groups excluding carboxylic acids is 1. The van der Waals surface area contributed by atoms with Crippen LogP contribution in [0.4, 0.5) is 0 Å². The van der Waals surface area contributed by atoms with Crippen LogP contribution in [0.15, 0.2) is 54.9 Å². The van der Waals surface area contributed by atoms with Gasteiger partial charge in [-0.15, -0.1) is 10.2 Å². The second-order valence-electron chi connectivity index (χ2n) is 6.68. The highest BCUT2D eigenvalue weighted by atomic mass is 16.5. The maximum Gasteiger partial charge on any atom is 0.253 e. The SMILES string of the molecule is COCCN(C)C(=O)c1ccc2nnc3ncn(Cc4ccccc4)c3c2c1. The van der Waals surface area contributed by atoms with Crippen LogP contribution in [0.5, 0.6) is 0 Å². The van der Waals surface area contributed by atoms with Crippen molar-refractivity contribution in [2.24, 2.45) is 0 Å². The first-order chi connectivity index (χ1) is 13.7. The Morgan fingerprint density at radius 3 is 2.75 bits per heavy atom. The number of aromatic nitrogens is 4. The minimum Gasteiger partial charge on any atom is -0.383 e. The number of rotatable bonds is 6. The molecule has 2 aromatic heterocycles. The Balaban J connectivity index is 1.77. The second-order valence-corrected chi connectivity index (χ2v) is 6.68. The Hall–Kier alpha value is -3.32. The zero-order valence-corrected chi connectivity index (χ0v) is 15.9. The molecule has 0 unspecified atom stereocenters. The molecule has 2 aromatic carbocycles. The van der Waals surface area contributed by atoms with Gasteiger partial charge < -0.3 is 14.2 Å². The van der Waals surface area contributed by atoms with Gasteiger partial charge in [0.25, 0.3) is 5.91 Å². The summed E-state index contributed by atoms with van der Waals surface area (Å²) in [6.07, 6.45) is 1.77. The zero-order valence-electron chi connectivity index (χ0n) is 15.9. The Labute approximate surface area is 162 Å². The molecule has 142 valence electrons. The van der Waals surface area contributed by atoms with E-state index in [9.17, 15) is 4.79 Å². The van der Waals surface area contributed by atoms with E-state index in [0.717, 1.165) is 16.4 Å². The molecule has 7 nitrogen and oxygen atoms in total. The van der Waals surface area contributed by atoms with Crippen molar-refractivity contribution in [3.8, 4) is 0 Å². The average molecular weight is 375 g/mol. The number of amides is 1. The Morgan fingerprint density at radius 2 is 1.96 bits per heavy atom. The predicted molar refractivity (Wildman–Crippen MR) is 107 cm³/mol. The first-order valence-electron chi connectivity index (χ1n) is 9.07. The fraction of sp³-hybridized carbons (Fsp3) is 0.238. The highest BCUT2D eigenvalue weighted by Crippen LogP contribution is 2.24. The molecule has 0 bridgehead atoms. The van der Waals surface area contributed by atoms with Gasteiger partial charge in [-0.25, -0.2) is 4.98 Å². The standard InChI is InChI=1S/C21H21N5O2/c1-25(10-11-28-2)21(27)16-8-9-18-17(12-16)19-20(24-23-18)22-14-26(19)13-15-6-4-3-5-7-15/h3-9,12,14H,10-11,13H2,1-2H3. The molecule has 0 N–H and O–H groups in total. The van der Waals surface area contributed by atoms with Gasteiger partial charge in [-0.3, -0.25) is 4.79 Å². The van der Waals surface area contributed by atoms with Crippen molar-refractivity contribution in [3.63, 3.8) is 0 Å². The lowest BCUT2D eigenvalue weighted by Crippen LogP contribution is -2.29. The molecule has 0 saturated heterocycles. The summed E-state index contributed by atoms with van der Waals surface area (Å²) in [5, 5.41) is 9.35. The number of carbonyl (C=O) groups is 1. The monoisotopic (exact) mass is 375 g/mol. The molecule has 7 heteroatoms. The lowest BCUT2D eigenvalue weighted by Gasteiger charge is -2.17. The van der Waals surface area contributed by atoms with Crippen LogP contribution < -0.4 is 0 Å². The van der Waals surface area contributed by atoms with E-state index in [1.54, 1.807) is 31.5 Å². The summed E-state index contributed by atoms with van der Waals surface area (Å²) in [5.41, 5.74) is 3.95. The van der Waals surface area contributed by atoms with Crippen LogP contribution >= 0.6 is 0 Å². The third-order valence-electron chi connectivity index (χ3n) is 4.74. The minimum absolute atomic E-state index is 0.0574. The highest BCUT2D eigenvalue weighted by Gasteiger charge is 2.15. The molecular weight excluding hydrogens is 354 g/mol. The quantitative estimate of drug-likeness (QED) is 0.518. The van der Waals surface area contributed by atoms with Crippen LogP contribution in [0.3, 0.4) is 0 Å². The van der Waals surface area contributed by atoms with E-state index in [0.29, 0.717) is 30.9 Å². The number of nitrogens with zero attached hydrogens (tertiary/aromatic N) is 5. The molecule has 1 amide bonds. The van der Waals surface area contributed by atoms with E-state index in [4.69, 9.17) is 4.74 Å². The summed E-state index contributed by atoms with van der Waals surface area (Å²) in [6, 6.07) is 15.7. The maximum atomic E-state index is 12.8. The molecule has 0 atom stereocenters. The van der Waals surface area contributed by atoms with Crippen molar-refractivity contribution in [2.45, 2.75) is 6.54 Å². The molecule has 0 aliphatic rings. The van der Waals surface area contributed by atoms with E-state index >= 15 is 0 Å². The lowest BCUT2D eigenvalue weighted by molar-refractivity contribution is 0.0744. The van der Waals surface area contributed by atoms with Gasteiger partial charge in [0, 0.05) is 38.2 Å². The van der Waals surface area contributed by atoms with Gasteiger partial charge in [-0.2, -0.15) is 0 Å². The van der Waals surface area contributed by atoms with Crippen molar-refractivity contribution >= 4 is 28.0 Å². The van der Waals surface area contributed by atoms with Gasteiger partial charge >= 0.3 is 0 Å². The molecule has 0 spiro atoms. The van der Waals surface area contributed by atoms with Gasteiger partial charge in [0.2, 0.25) is 5.65 Å². The first-order valence-corrected chi connectivity index (χ1v) is 9.07. The summed E-state index contributed by atoms with van der Waals surface area (Å²) in [7, 11) is 3.39. The number of hydrogen-bond donors (Lipinski definition) is 0. The van der Waals surface area contributed by atoms with E-state index < -0.39 is 0 Å². The molecule has 4 aromatic rings. The number of imidazole rings is 1. The number of benzene rings is 2. The van der Waals surface area contributed by atoms with Gasteiger partial charge in [0.1, 0.15) is 0 Å². The van der Waals surface area contributed by atoms with Crippen molar-refractivity contribution < 1.29 is 9.53 Å². The fourth-order valence-electron chi connectivity index (χ4n) is 3.22. The van der Waals surface area contributed by atoms with Gasteiger partial charge in [-0.05, 0) is 23.8 Å². The summed E-state index contributed by atoms with van der Waals surface area (Å²) in [4.78, 5) is 18.8. The smallest absolute Gasteiger partial charge is 0.253 e. The maximum absolute atomic E-state index is 12.8. The van der Waals surface area contributed by atoms with E-state index in [2.05, 4.69) is 27.3 Å². The van der Waals surface area contributed by atoms with Crippen LogP contribution in [0, 0.1) is 0 Å². The normalized spacial score (nSPS) is 11.2. The van der Waals surface area contributed by atoms with Crippen LogP contribution in [0.2, 0.25) is 0 Å². The second kappa shape index (κ2) is 7.74. The van der Waals surface area contributed by atoms with Crippen molar-refractivity contribution in [3.05, 3.63) is 66.0 Å². The van der Waals surface area contributed by atoms with Crippen molar-refractivity contribution in [1.82, 2.24) is 24.6 Å². The third kappa shape index (κ3) is 3.44. The van der Waals surface area contributed by atoms with E-state index in [1.165, 1.54) is 5.56 Å². The minimum atomic E-state index is -0.0574. The third-order valence-corrected chi connectivity index (χ3v) is 4.74. The summed E-state index contributed by atoms with van der Waals surface area (Å²) >= 11 is 0. The van der Waals surface area contributed by atoms with Crippen LogP contribution in [0.1, 0.15) is 15.9 Å². The largest absolute Gasteiger partial charge is 0.383 e. The molecule has 2 heterocycles. The fourth-order valence-corrected chi connectivity index (χ4v) is 3.22. The molecular formula is C21H21N5O2. The summed E-state index contributed by atoms with van der Waals surface area (Å²) in [5.74, 6) is -0.0574. The molecule has 0 aliphatic carbocycles. The van der Waals surface area contributed by atoms with Crippen LogP contribution in [0.25, 0.3) is 22.1 Å². The molecule has 28 heavy (non-hydrogen) atoms. The van der Waals surface area contributed by atoms with Crippen LogP contribution in [-0.2, 0) is 11.3 Å². The molecule has 4 rings (SSSR count). The number of hydrogen-bond acceptors (Lipinski definition) is 5. The van der Waals surface area contributed by atoms with Gasteiger partial charge in [0.15, 0.2) is 0 Å². The molecule has 0 fully saturated rings. The number of methoxy groups -OCH3 is 1. The molecule has 0 aliphatic heterocycles. The summed E-state index contributed by atoms with van der Waals surface area (Å²) in [6.45, 7) is 1.70. The van der Waals surface area contributed by atoms with Crippen molar-refractivity contribution in [1.29, 1.82) is 0 Å².